The average Bonchev–Trinajstić information content (AvgIpc) is 3.09. The molecule has 1 saturated carbocycles. The molecule has 7 heteroatoms. The van der Waals surface area contributed by atoms with Gasteiger partial charge in [-0.1, -0.05) is 12.5 Å². The maximum atomic E-state index is 12.3. The van der Waals surface area contributed by atoms with Crippen molar-refractivity contribution < 1.29 is 28.5 Å². The molecular formula is C25H29NO6. The Morgan fingerprint density at radius 3 is 2.47 bits per heavy atom. The number of benzene rings is 2. The van der Waals surface area contributed by atoms with Crippen molar-refractivity contribution in [3.8, 4) is 28.4 Å². The van der Waals surface area contributed by atoms with Crippen LogP contribution in [-0.4, -0.2) is 38.3 Å². The molecule has 7 nitrogen and oxygen atoms in total. The first-order valence-electron chi connectivity index (χ1n) is 10.8. The molecule has 2 aromatic rings. The fourth-order valence-corrected chi connectivity index (χ4v) is 3.94. The van der Waals surface area contributed by atoms with Crippen LogP contribution < -0.4 is 19.5 Å². The monoisotopic (exact) mass is 439 g/mol. The molecule has 0 spiro atoms. The van der Waals surface area contributed by atoms with Gasteiger partial charge in [0, 0.05) is 17.7 Å². The lowest BCUT2D eigenvalue weighted by Gasteiger charge is -2.31. The van der Waals surface area contributed by atoms with E-state index in [1.165, 1.54) is 0 Å². The standard InChI is InChI=1S/C25H29NO6/c1-25(2,32-24(28)15-6-5-7-15)14-31-21-18(10-11-20(29-3)22(21)30-4)16-8-9-19-17(12-16)13-26-23(19)27/h8-12,15H,5-7,13-14H2,1-4H3,(H,26,27). The molecule has 4 rings (SSSR count). The highest BCUT2D eigenvalue weighted by Crippen LogP contribution is 2.45. The zero-order chi connectivity index (χ0) is 22.9. The lowest BCUT2D eigenvalue weighted by molar-refractivity contribution is -0.167. The van der Waals surface area contributed by atoms with Gasteiger partial charge in [0.15, 0.2) is 11.5 Å². The van der Waals surface area contributed by atoms with E-state index in [4.69, 9.17) is 18.9 Å². The largest absolute Gasteiger partial charge is 0.493 e. The van der Waals surface area contributed by atoms with Gasteiger partial charge in [0.05, 0.1) is 20.1 Å². The first-order chi connectivity index (χ1) is 15.3. The first kappa shape index (κ1) is 22.0. The molecule has 1 N–H and O–H groups in total. The van der Waals surface area contributed by atoms with Gasteiger partial charge in [0.25, 0.3) is 5.91 Å². The summed E-state index contributed by atoms with van der Waals surface area (Å²) in [6.07, 6.45) is 2.85. The number of rotatable bonds is 8. The van der Waals surface area contributed by atoms with Crippen molar-refractivity contribution in [3.63, 3.8) is 0 Å². The maximum Gasteiger partial charge on any atom is 0.309 e. The second-order valence-corrected chi connectivity index (χ2v) is 8.83. The van der Waals surface area contributed by atoms with Gasteiger partial charge in [0.1, 0.15) is 12.2 Å². The number of methoxy groups -OCH3 is 2. The molecule has 1 aliphatic heterocycles. The van der Waals surface area contributed by atoms with Crippen LogP contribution >= 0.6 is 0 Å². The summed E-state index contributed by atoms with van der Waals surface area (Å²) >= 11 is 0. The predicted octanol–water partition coefficient (Wildman–Crippen LogP) is 4.11. The van der Waals surface area contributed by atoms with Crippen LogP contribution in [0.2, 0.25) is 0 Å². The molecule has 32 heavy (non-hydrogen) atoms. The SMILES string of the molecule is COc1ccc(-c2ccc3c(c2)CNC3=O)c(OCC(C)(C)OC(=O)C2CCC2)c1OC. The van der Waals surface area contributed by atoms with Gasteiger partial charge in [-0.25, -0.2) is 0 Å². The summed E-state index contributed by atoms with van der Waals surface area (Å²) in [5.74, 6) is 1.26. The molecule has 1 amide bonds. The van der Waals surface area contributed by atoms with E-state index in [0.29, 0.717) is 29.4 Å². The second kappa shape index (κ2) is 8.73. The highest BCUT2D eigenvalue weighted by Gasteiger charge is 2.33. The Morgan fingerprint density at radius 2 is 1.81 bits per heavy atom. The Bertz CT molecular complexity index is 1040. The number of esters is 1. The van der Waals surface area contributed by atoms with Crippen molar-refractivity contribution in [2.24, 2.45) is 5.92 Å². The zero-order valence-electron chi connectivity index (χ0n) is 18.9. The minimum Gasteiger partial charge on any atom is -0.493 e. The minimum atomic E-state index is -0.813. The molecule has 1 fully saturated rings. The number of hydrogen-bond acceptors (Lipinski definition) is 6. The quantitative estimate of drug-likeness (QED) is 0.623. The van der Waals surface area contributed by atoms with E-state index in [1.807, 2.05) is 44.2 Å². The van der Waals surface area contributed by atoms with Crippen LogP contribution in [0.5, 0.6) is 17.2 Å². The minimum absolute atomic E-state index is 0.000995. The van der Waals surface area contributed by atoms with Crippen molar-refractivity contribution in [2.45, 2.75) is 45.3 Å². The number of fused-ring (bicyclic) bond motifs is 1. The van der Waals surface area contributed by atoms with Crippen molar-refractivity contribution in [1.29, 1.82) is 0 Å². The number of amides is 1. The lowest BCUT2D eigenvalue weighted by Crippen LogP contribution is -2.38. The van der Waals surface area contributed by atoms with Gasteiger partial charge in [-0.2, -0.15) is 0 Å². The summed E-state index contributed by atoms with van der Waals surface area (Å²) in [6.45, 7) is 4.31. The van der Waals surface area contributed by atoms with Crippen LogP contribution in [0.1, 0.15) is 49.0 Å². The number of nitrogens with one attached hydrogen (secondary N) is 1. The van der Waals surface area contributed by atoms with Gasteiger partial charge in [-0.15, -0.1) is 0 Å². The molecule has 170 valence electrons. The Kier molecular flexibility index (Phi) is 6.00. The summed E-state index contributed by atoms with van der Waals surface area (Å²) in [6, 6.07) is 9.40. The third-order valence-corrected chi connectivity index (χ3v) is 5.98. The smallest absolute Gasteiger partial charge is 0.309 e. The highest BCUT2D eigenvalue weighted by atomic mass is 16.6. The van der Waals surface area contributed by atoms with Crippen LogP contribution in [0, 0.1) is 5.92 Å². The van der Waals surface area contributed by atoms with Crippen LogP contribution in [0.15, 0.2) is 30.3 Å². The Balaban J connectivity index is 1.64. The van der Waals surface area contributed by atoms with Crippen molar-refractivity contribution in [2.75, 3.05) is 20.8 Å². The fourth-order valence-electron chi connectivity index (χ4n) is 3.94. The molecule has 1 heterocycles. The summed E-state index contributed by atoms with van der Waals surface area (Å²) in [7, 11) is 3.12. The van der Waals surface area contributed by atoms with Gasteiger partial charge < -0.3 is 24.3 Å². The first-order valence-corrected chi connectivity index (χ1v) is 10.8. The van der Waals surface area contributed by atoms with Gasteiger partial charge in [-0.3, -0.25) is 9.59 Å². The molecule has 0 saturated heterocycles. The number of hydrogen-bond donors (Lipinski definition) is 1. The average molecular weight is 440 g/mol. The fraction of sp³-hybridized carbons (Fsp3) is 0.440. The van der Waals surface area contributed by atoms with Gasteiger partial charge in [-0.05, 0) is 62.1 Å². The molecule has 2 aliphatic rings. The van der Waals surface area contributed by atoms with E-state index in [0.717, 1.165) is 36.0 Å². The van der Waals surface area contributed by atoms with Gasteiger partial charge in [0.2, 0.25) is 5.75 Å². The predicted molar refractivity (Wildman–Crippen MR) is 119 cm³/mol. The summed E-state index contributed by atoms with van der Waals surface area (Å²) in [5, 5.41) is 2.84. The van der Waals surface area contributed by atoms with Gasteiger partial charge >= 0.3 is 5.97 Å². The van der Waals surface area contributed by atoms with Crippen molar-refractivity contribution in [1.82, 2.24) is 5.32 Å². The summed E-state index contributed by atoms with van der Waals surface area (Å²) in [5.41, 5.74) is 2.49. The van der Waals surface area contributed by atoms with Crippen LogP contribution in [0.4, 0.5) is 0 Å². The molecule has 0 unspecified atom stereocenters. The second-order valence-electron chi connectivity index (χ2n) is 8.83. The van der Waals surface area contributed by atoms with E-state index in [9.17, 15) is 9.59 Å². The van der Waals surface area contributed by atoms with E-state index < -0.39 is 5.60 Å². The van der Waals surface area contributed by atoms with E-state index in [-0.39, 0.29) is 24.4 Å². The van der Waals surface area contributed by atoms with Crippen LogP contribution in [0.25, 0.3) is 11.1 Å². The van der Waals surface area contributed by atoms with Crippen LogP contribution in [0.3, 0.4) is 0 Å². The molecule has 0 bridgehead atoms. The summed E-state index contributed by atoms with van der Waals surface area (Å²) < 4.78 is 23.0. The number of carbonyl (C=O) groups is 2. The van der Waals surface area contributed by atoms with E-state index >= 15 is 0 Å². The third kappa shape index (κ3) is 4.24. The Hall–Kier alpha value is -3.22. The normalized spacial score (nSPS) is 15.4. The molecule has 0 atom stereocenters. The molecule has 2 aromatic carbocycles. The topological polar surface area (TPSA) is 83.1 Å². The molecular weight excluding hydrogens is 410 g/mol. The number of carbonyl (C=O) groups excluding carboxylic acids is 2. The van der Waals surface area contributed by atoms with E-state index in [2.05, 4.69) is 5.32 Å². The Labute approximate surface area is 188 Å². The maximum absolute atomic E-state index is 12.3. The lowest BCUT2D eigenvalue weighted by atomic mass is 9.85. The molecule has 1 aliphatic carbocycles. The molecule has 0 aromatic heterocycles. The third-order valence-electron chi connectivity index (χ3n) is 5.98. The van der Waals surface area contributed by atoms with E-state index in [1.54, 1.807) is 14.2 Å². The zero-order valence-corrected chi connectivity index (χ0v) is 18.9. The van der Waals surface area contributed by atoms with Crippen molar-refractivity contribution >= 4 is 11.9 Å². The Morgan fingerprint density at radius 1 is 1.06 bits per heavy atom. The molecule has 0 radical (unpaired) electrons. The highest BCUT2D eigenvalue weighted by molar-refractivity contribution is 5.99. The number of ether oxygens (including phenoxy) is 4. The van der Waals surface area contributed by atoms with Crippen LogP contribution in [-0.2, 0) is 16.1 Å². The van der Waals surface area contributed by atoms with Crippen molar-refractivity contribution in [3.05, 3.63) is 41.5 Å². The summed E-state index contributed by atoms with van der Waals surface area (Å²) in [4.78, 5) is 24.3.